The van der Waals surface area contributed by atoms with Crippen molar-refractivity contribution in [1.29, 1.82) is 5.26 Å². The second kappa shape index (κ2) is 10.0. The minimum absolute atomic E-state index is 0.0401. The lowest BCUT2D eigenvalue weighted by molar-refractivity contribution is 0.0738. The first-order valence-corrected chi connectivity index (χ1v) is 11.7. The number of phenols is 1. The van der Waals surface area contributed by atoms with Crippen molar-refractivity contribution in [2.24, 2.45) is 0 Å². The number of hydrogen-bond acceptors (Lipinski definition) is 6. The fourth-order valence-corrected chi connectivity index (χ4v) is 4.64. The van der Waals surface area contributed by atoms with E-state index in [0.717, 1.165) is 5.56 Å². The molecule has 0 radical (unpaired) electrons. The van der Waals surface area contributed by atoms with Crippen molar-refractivity contribution in [3.05, 3.63) is 101 Å². The number of hydrogen-bond donors (Lipinski definition) is 1. The van der Waals surface area contributed by atoms with Gasteiger partial charge in [-0.2, -0.15) is 5.26 Å². The Balaban J connectivity index is 1.59. The van der Waals surface area contributed by atoms with Crippen molar-refractivity contribution in [1.82, 2.24) is 19.8 Å². The van der Waals surface area contributed by atoms with E-state index in [1.807, 2.05) is 6.07 Å². The highest BCUT2D eigenvalue weighted by Gasteiger charge is 2.37. The van der Waals surface area contributed by atoms with Crippen LogP contribution in [0.25, 0.3) is 10.9 Å². The van der Waals surface area contributed by atoms with Crippen LogP contribution in [0.5, 0.6) is 5.75 Å². The highest BCUT2D eigenvalue weighted by molar-refractivity contribution is 6.15. The third kappa shape index (κ3) is 4.57. The third-order valence-electron chi connectivity index (χ3n) is 6.37. The molecule has 0 unspecified atom stereocenters. The lowest BCUT2D eigenvalue weighted by atomic mass is 9.95. The molecule has 0 spiro atoms. The zero-order chi connectivity index (χ0) is 25.9. The Kier molecular flexibility index (Phi) is 6.47. The molecule has 0 saturated carbocycles. The number of halogens is 1. The average Bonchev–Trinajstić information content (AvgIpc) is 3.24. The highest BCUT2D eigenvalue weighted by Crippen LogP contribution is 2.40. The summed E-state index contributed by atoms with van der Waals surface area (Å²) in [6, 6.07) is 14.9. The Hall–Kier alpha value is -4.84. The molecular weight excluding hydrogens is 473 g/mol. The summed E-state index contributed by atoms with van der Waals surface area (Å²) in [4.78, 5) is 38.9. The molecule has 8 nitrogen and oxygen atoms in total. The molecule has 0 bridgehead atoms. The van der Waals surface area contributed by atoms with Gasteiger partial charge in [0.05, 0.1) is 23.6 Å². The van der Waals surface area contributed by atoms with Gasteiger partial charge in [0.25, 0.3) is 11.8 Å². The van der Waals surface area contributed by atoms with Gasteiger partial charge in [-0.1, -0.05) is 24.3 Å². The van der Waals surface area contributed by atoms with Gasteiger partial charge in [-0.25, -0.2) is 4.39 Å². The fourth-order valence-electron chi connectivity index (χ4n) is 4.64. The molecule has 0 atom stereocenters. The summed E-state index contributed by atoms with van der Waals surface area (Å²) < 4.78 is 13.4. The predicted molar refractivity (Wildman–Crippen MR) is 133 cm³/mol. The van der Waals surface area contributed by atoms with Gasteiger partial charge in [-0.15, -0.1) is 0 Å². The number of aromatic nitrogens is 2. The number of amides is 2. The number of benzene rings is 2. The summed E-state index contributed by atoms with van der Waals surface area (Å²) in [6.07, 6.45) is 4.90. The van der Waals surface area contributed by atoms with Crippen LogP contribution in [0, 0.1) is 17.1 Å². The molecule has 1 aliphatic heterocycles. The van der Waals surface area contributed by atoms with Gasteiger partial charge < -0.3 is 14.9 Å². The minimum Gasteiger partial charge on any atom is -0.505 e. The van der Waals surface area contributed by atoms with Gasteiger partial charge in [-0.05, 0) is 35.4 Å². The first-order valence-electron chi connectivity index (χ1n) is 11.7. The molecule has 37 heavy (non-hydrogen) atoms. The van der Waals surface area contributed by atoms with E-state index in [2.05, 4.69) is 16.0 Å². The molecule has 0 aliphatic carbocycles. The summed E-state index contributed by atoms with van der Waals surface area (Å²) in [5.74, 6) is -1.46. The molecule has 0 fully saturated rings. The molecule has 2 aromatic carbocycles. The quantitative estimate of drug-likeness (QED) is 0.412. The van der Waals surface area contributed by atoms with Crippen molar-refractivity contribution >= 4 is 22.7 Å². The van der Waals surface area contributed by atoms with Crippen molar-refractivity contribution in [2.45, 2.75) is 26.1 Å². The van der Waals surface area contributed by atoms with Crippen molar-refractivity contribution in [3.63, 3.8) is 0 Å². The topological polar surface area (TPSA) is 110 Å². The zero-order valence-corrected chi connectivity index (χ0v) is 19.8. The number of rotatable bonds is 7. The number of phenolic OH excluding ortho intramolecular Hbond substituents is 1. The second-order valence-electron chi connectivity index (χ2n) is 8.76. The first kappa shape index (κ1) is 23.9. The first-order chi connectivity index (χ1) is 18.0. The van der Waals surface area contributed by atoms with Crippen LogP contribution in [0.15, 0.2) is 67.1 Å². The maximum Gasteiger partial charge on any atom is 0.258 e. The van der Waals surface area contributed by atoms with Gasteiger partial charge in [0.2, 0.25) is 0 Å². The predicted octanol–water partition coefficient (Wildman–Crippen LogP) is 4.19. The van der Waals surface area contributed by atoms with Crippen LogP contribution in [0.3, 0.4) is 0 Å². The number of nitrogens with zero attached hydrogens (tertiary/aromatic N) is 5. The van der Waals surface area contributed by atoms with Gasteiger partial charge in [-0.3, -0.25) is 19.6 Å². The van der Waals surface area contributed by atoms with Crippen LogP contribution in [0.2, 0.25) is 0 Å². The molecular formula is C28H22FN5O3. The standard InChI is InChI=1S/C28H22FN5O3/c29-20-8-6-18(7-9-20)15-34-17-22-23(21-5-2-12-32-25(21)26(35)24(22)28(34)37)27(36)33(13-3-10-30)16-19-4-1-11-31-14-19/h1-2,4-9,11-12,14,35H,3,13,15-17H2. The van der Waals surface area contributed by atoms with Crippen molar-refractivity contribution < 1.29 is 19.1 Å². The SMILES string of the molecule is N#CCCN(Cc1cccnc1)C(=O)c1c2c(c(O)c3ncccc13)C(=O)N(Cc1ccc(F)cc1)C2. The fraction of sp³-hybridized carbons (Fsp3) is 0.179. The normalized spacial score (nSPS) is 12.4. The maximum atomic E-state index is 14.1. The van der Waals surface area contributed by atoms with E-state index in [1.54, 1.807) is 47.6 Å². The van der Waals surface area contributed by atoms with Crippen molar-refractivity contribution in [2.75, 3.05) is 6.54 Å². The molecule has 1 N–H and O–H groups in total. The number of carbonyl (C=O) groups is 2. The molecule has 5 rings (SSSR count). The largest absolute Gasteiger partial charge is 0.505 e. The Labute approximate surface area is 212 Å². The number of pyridine rings is 2. The number of aromatic hydroxyl groups is 1. The van der Waals surface area contributed by atoms with Gasteiger partial charge in [0.1, 0.15) is 11.3 Å². The Morgan fingerprint density at radius 3 is 2.65 bits per heavy atom. The van der Waals surface area contributed by atoms with Crippen LogP contribution in [0.1, 0.15) is 43.8 Å². The van der Waals surface area contributed by atoms with E-state index >= 15 is 0 Å². The van der Waals surface area contributed by atoms with Crippen molar-refractivity contribution in [3.8, 4) is 11.8 Å². The maximum absolute atomic E-state index is 14.1. The summed E-state index contributed by atoms with van der Waals surface area (Å²) in [5.41, 5.74) is 2.38. The molecule has 2 amide bonds. The number of carbonyl (C=O) groups excluding carboxylic acids is 2. The van der Waals surface area contributed by atoms with Crippen LogP contribution >= 0.6 is 0 Å². The third-order valence-corrected chi connectivity index (χ3v) is 6.37. The average molecular weight is 496 g/mol. The zero-order valence-electron chi connectivity index (χ0n) is 19.8. The summed E-state index contributed by atoms with van der Waals surface area (Å²) in [5, 5.41) is 20.7. The molecule has 1 aliphatic rings. The molecule has 2 aromatic heterocycles. The van der Waals surface area contributed by atoms with E-state index in [4.69, 9.17) is 0 Å². The molecule has 184 valence electrons. The molecule has 9 heteroatoms. The van der Waals surface area contributed by atoms with E-state index in [-0.39, 0.29) is 66.7 Å². The Morgan fingerprint density at radius 1 is 1.14 bits per heavy atom. The van der Waals surface area contributed by atoms with E-state index in [0.29, 0.717) is 16.5 Å². The lowest BCUT2D eigenvalue weighted by Crippen LogP contribution is -2.32. The smallest absolute Gasteiger partial charge is 0.258 e. The van der Waals surface area contributed by atoms with Gasteiger partial charge in [0.15, 0.2) is 5.75 Å². The Morgan fingerprint density at radius 2 is 1.92 bits per heavy atom. The van der Waals surface area contributed by atoms with Crippen LogP contribution in [-0.4, -0.2) is 43.2 Å². The van der Waals surface area contributed by atoms with Gasteiger partial charge >= 0.3 is 0 Å². The molecule has 0 saturated heterocycles. The number of nitriles is 1. The summed E-state index contributed by atoms with van der Waals surface area (Å²) in [7, 11) is 0. The molecule has 4 aromatic rings. The van der Waals surface area contributed by atoms with E-state index in [1.165, 1.54) is 23.2 Å². The van der Waals surface area contributed by atoms with Crippen LogP contribution in [-0.2, 0) is 19.6 Å². The van der Waals surface area contributed by atoms with Gasteiger partial charge in [0, 0.05) is 55.7 Å². The van der Waals surface area contributed by atoms with E-state index in [9.17, 15) is 24.3 Å². The summed E-state index contributed by atoms with van der Waals surface area (Å²) >= 11 is 0. The summed E-state index contributed by atoms with van der Waals surface area (Å²) in [6.45, 7) is 0.663. The lowest BCUT2D eigenvalue weighted by Gasteiger charge is -2.24. The number of fused-ring (bicyclic) bond motifs is 2. The minimum atomic E-state index is -0.436. The monoisotopic (exact) mass is 495 g/mol. The van der Waals surface area contributed by atoms with Crippen LogP contribution in [0.4, 0.5) is 4.39 Å². The van der Waals surface area contributed by atoms with E-state index < -0.39 is 5.91 Å². The Bertz CT molecular complexity index is 1530. The second-order valence-corrected chi connectivity index (χ2v) is 8.76. The van der Waals surface area contributed by atoms with Crippen LogP contribution < -0.4 is 0 Å². The highest BCUT2D eigenvalue weighted by atomic mass is 19.1. The molecule has 3 heterocycles.